The van der Waals surface area contributed by atoms with Gasteiger partial charge in [0.05, 0.1) is 5.56 Å². The van der Waals surface area contributed by atoms with Gasteiger partial charge in [0.25, 0.3) is 11.8 Å². The van der Waals surface area contributed by atoms with E-state index in [4.69, 9.17) is 10.5 Å². The molecule has 5 nitrogen and oxygen atoms in total. The molecule has 0 heterocycles. The fourth-order valence-electron chi connectivity index (χ4n) is 2.65. The zero-order chi connectivity index (χ0) is 20.1. The molecule has 0 saturated carbocycles. The van der Waals surface area contributed by atoms with Crippen molar-refractivity contribution in [3.63, 3.8) is 0 Å². The molecule has 0 aromatic heterocycles. The molecule has 0 radical (unpaired) electrons. The molecule has 6 heteroatoms. The highest BCUT2D eigenvalue weighted by atomic mass is 19.1. The Kier molecular flexibility index (Phi) is 5.69. The first-order valence-electron chi connectivity index (χ1n) is 8.66. The molecule has 0 fully saturated rings. The Hall–Kier alpha value is -3.67. The van der Waals surface area contributed by atoms with E-state index in [0.29, 0.717) is 5.75 Å². The van der Waals surface area contributed by atoms with Crippen LogP contribution in [0, 0.1) is 5.82 Å². The Morgan fingerprint density at radius 2 is 1.61 bits per heavy atom. The van der Waals surface area contributed by atoms with Crippen molar-refractivity contribution in [3.05, 3.63) is 84.2 Å². The molecule has 2 amide bonds. The normalized spacial score (nSPS) is 11.5. The summed E-state index contributed by atoms with van der Waals surface area (Å²) >= 11 is 0. The maximum absolute atomic E-state index is 13.5. The highest BCUT2D eigenvalue weighted by Crippen LogP contribution is 2.23. The summed E-state index contributed by atoms with van der Waals surface area (Å²) in [6.45, 7) is 1.60. The minimum Gasteiger partial charge on any atom is -0.481 e. The number of nitrogens with two attached hydrogens (primary N) is 1. The molecule has 3 rings (SSSR count). The van der Waals surface area contributed by atoms with Gasteiger partial charge in [-0.25, -0.2) is 4.39 Å². The summed E-state index contributed by atoms with van der Waals surface area (Å²) in [5.74, 6) is -1.54. The lowest BCUT2D eigenvalue weighted by molar-refractivity contribution is -0.122. The molecule has 0 aliphatic heterocycles. The van der Waals surface area contributed by atoms with Crippen molar-refractivity contribution in [3.8, 4) is 16.9 Å². The molecule has 0 bridgehead atoms. The zero-order valence-corrected chi connectivity index (χ0v) is 15.2. The number of amides is 2. The quantitative estimate of drug-likeness (QED) is 0.680. The first kappa shape index (κ1) is 19.1. The van der Waals surface area contributed by atoms with Gasteiger partial charge in [0, 0.05) is 5.69 Å². The van der Waals surface area contributed by atoms with Crippen molar-refractivity contribution in [1.82, 2.24) is 0 Å². The third-order valence-electron chi connectivity index (χ3n) is 4.14. The first-order chi connectivity index (χ1) is 13.4. The fourth-order valence-corrected chi connectivity index (χ4v) is 2.65. The van der Waals surface area contributed by atoms with Gasteiger partial charge in [-0.1, -0.05) is 42.5 Å². The van der Waals surface area contributed by atoms with Crippen LogP contribution in [0.2, 0.25) is 0 Å². The summed E-state index contributed by atoms with van der Waals surface area (Å²) < 4.78 is 19.2. The predicted octanol–water partition coefficient (Wildman–Crippen LogP) is 4.00. The maximum atomic E-state index is 13.5. The van der Waals surface area contributed by atoms with E-state index in [1.54, 1.807) is 19.1 Å². The topological polar surface area (TPSA) is 81.4 Å². The number of hydrogen-bond acceptors (Lipinski definition) is 3. The summed E-state index contributed by atoms with van der Waals surface area (Å²) in [6, 6.07) is 20.9. The van der Waals surface area contributed by atoms with Crippen LogP contribution in [0.1, 0.15) is 17.3 Å². The van der Waals surface area contributed by atoms with E-state index < -0.39 is 23.7 Å². The molecule has 0 aliphatic carbocycles. The van der Waals surface area contributed by atoms with E-state index in [2.05, 4.69) is 5.32 Å². The average Bonchev–Trinajstić information content (AvgIpc) is 2.70. The number of ether oxygens (including phenoxy) is 1. The van der Waals surface area contributed by atoms with Crippen LogP contribution in [-0.2, 0) is 4.79 Å². The largest absolute Gasteiger partial charge is 0.481 e. The zero-order valence-electron chi connectivity index (χ0n) is 15.2. The van der Waals surface area contributed by atoms with Crippen molar-refractivity contribution < 1.29 is 18.7 Å². The SMILES string of the molecule is C[C@@H](Oc1ccc(-c2ccccc2)cc1)C(=O)Nc1ccc(F)c(C(N)=O)c1. The van der Waals surface area contributed by atoms with E-state index in [-0.39, 0.29) is 11.3 Å². The van der Waals surface area contributed by atoms with Gasteiger partial charge in [-0.15, -0.1) is 0 Å². The highest BCUT2D eigenvalue weighted by molar-refractivity contribution is 5.97. The molecule has 3 aromatic rings. The summed E-state index contributed by atoms with van der Waals surface area (Å²) in [5, 5.41) is 2.58. The smallest absolute Gasteiger partial charge is 0.265 e. The van der Waals surface area contributed by atoms with Crippen molar-refractivity contribution in [2.45, 2.75) is 13.0 Å². The van der Waals surface area contributed by atoms with Gasteiger partial charge in [0.2, 0.25) is 0 Å². The number of halogens is 1. The third-order valence-corrected chi connectivity index (χ3v) is 4.14. The molecule has 142 valence electrons. The van der Waals surface area contributed by atoms with Crippen molar-refractivity contribution in [2.75, 3.05) is 5.32 Å². The summed E-state index contributed by atoms with van der Waals surface area (Å²) in [5.41, 5.74) is 7.21. The van der Waals surface area contributed by atoms with Gasteiger partial charge in [0.15, 0.2) is 6.10 Å². The first-order valence-corrected chi connectivity index (χ1v) is 8.66. The second-order valence-electron chi connectivity index (χ2n) is 6.20. The molecule has 0 aliphatic rings. The second kappa shape index (κ2) is 8.35. The number of primary amides is 1. The van der Waals surface area contributed by atoms with Crippen LogP contribution in [0.5, 0.6) is 5.75 Å². The standard InChI is InChI=1S/C22H19FN2O3/c1-14(22(27)25-17-9-12-20(23)19(13-17)21(24)26)28-18-10-7-16(8-11-18)15-5-3-2-4-6-15/h2-14H,1H3,(H2,24,26)(H,25,27)/t14-/m1/s1. The number of nitrogens with one attached hydrogen (secondary N) is 1. The lowest BCUT2D eigenvalue weighted by Gasteiger charge is -2.15. The van der Waals surface area contributed by atoms with Gasteiger partial charge < -0.3 is 15.8 Å². The van der Waals surface area contributed by atoms with Crippen LogP contribution < -0.4 is 15.8 Å². The minimum absolute atomic E-state index is 0.259. The minimum atomic E-state index is -0.906. The van der Waals surface area contributed by atoms with E-state index in [1.807, 2.05) is 42.5 Å². The molecular weight excluding hydrogens is 359 g/mol. The lowest BCUT2D eigenvalue weighted by atomic mass is 10.1. The molecule has 0 spiro atoms. The van der Waals surface area contributed by atoms with Crippen molar-refractivity contribution >= 4 is 17.5 Å². The fraction of sp³-hybridized carbons (Fsp3) is 0.0909. The Labute approximate surface area is 161 Å². The average molecular weight is 378 g/mol. The highest BCUT2D eigenvalue weighted by Gasteiger charge is 2.16. The maximum Gasteiger partial charge on any atom is 0.265 e. The molecule has 3 N–H and O–H groups in total. The number of carbonyl (C=O) groups is 2. The van der Waals surface area contributed by atoms with Gasteiger partial charge in [-0.2, -0.15) is 0 Å². The summed E-state index contributed by atoms with van der Waals surface area (Å²) in [6.07, 6.45) is -0.801. The monoisotopic (exact) mass is 378 g/mol. The molecular formula is C22H19FN2O3. The Morgan fingerprint density at radius 3 is 2.25 bits per heavy atom. The number of anilines is 1. The Morgan fingerprint density at radius 1 is 0.964 bits per heavy atom. The molecule has 3 aromatic carbocycles. The number of carbonyl (C=O) groups excluding carboxylic acids is 2. The second-order valence-corrected chi connectivity index (χ2v) is 6.20. The van der Waals surface area contributed by atoms with E-state index in [0.717, 1.165) is 17.2 Å². The van der Waals surface area contributed by atoms with Crippen molar-refractivity contribution in [1.29, 1.82) is 0 Å². The van der Waals surface area contributed by atoms with E-state index >= 15 is 0 Å². The van der Waals surface area contributed by atoms with Crippen LogP contribution in [-0.4, -0.2) is 17.9 Å². The molecule has 28 heavy (non-hydrogen) atoms. The summed E-state index contributed by atoms with van der Waals surface area (Å²) in [7, 11) is 0. The molecule has 0 unspecified atom stereocenters. The van der Waals surface area contributed by atoms with Crippen LogP contribution in [0.15, 0.2) is 72.8 Å². The van der Waals surface area contributed by atoms with Crippen LogP contribution in [0.4, 0.5) is 10.1 Å². The van der Waals surface area contributed by atoms with Crippen LogP contribution >= 0.6 is 0 Å². The molecule has 0 saturated heterocycles. The lowest BCUT2D eigenvalue weighted by Crippen LogP contribution is -2.30. The van der Waals surface area contributed by atoms with Gasteiger partial charge >= 0.3 is 0 Å². The van der Waals surface area contributed by atoms with Gasteiger partial charge in [0.1, 0.15) is 11.6 Å². The third kappa shape index (κ3) is 4.54. The number of rotatable bonds is 6. The number of hydrogen-bond donors (Lipinski definition) is 2. The van der Waals surface area contributed by atoms with Gasteiger partial charge in [-0.05, 0) is 48.4 Å². The molecule has 1 atom stereocenters. The van der Waals surface area contributed by atoms with Crippen molar-refractivity contribution in [2.24, 2.45) is 5.73 Å². The number of benzene rings is 3. The summed E-state index contributed by atoms with van der Waals surface area (Å²) in [4.78, 5) is 23.5. The van der Waals surface area contributed by atoms with Crippen LogP contribution in [0.25, 0.3) is 11.1 Å². The Balaban J connectivity index is 1.64. The Bertz CT molecular complexity index is 988. The van der Waals surface area contributed by atoms with E-state index in [9.17, 15) is 14.0 Å². The van der Waals surface area contributed by atoms with Gasteiger partial charge in [-0.3, -0.25) is 9.59 Å². The van der Waals surface area contributed by atoms with Crippen LogP contribution in [0.3, 0.4) is 0 Å². The predicted molar refractivity (Wildman–Crippen MR) is 106 cm³/mol. The van der Waals surface area contributed by atoms with E-state index in [1.165, 1.54) is 12.1 Å².